The second-order valence-electron chi connectivity index (χ2n) is 6.33. The molecule has 0 spiro atoms. The average molecular weight is 354 g/mol. The number of aromatic nitrogens is 1. The Morgan fingerprint density at radius 3 is 2.57 bits per heavy atom. The number of hydrogen-bond donors (Lipinski definition) is 0. The second kappa shape index (κ2) is 6.84. The third kappa shape index (κ3) is 4.73. The molecule has 1 aromatic heterocycles. The van der Waals surface area contributed by atoms with Crippen LogP contribution >= 0.6 is 11.3 Å². The lowest BCUT2D eigenvalue weighted by atomic mass is 10.2. The van der Waals surface area contributed by atoms with Gasteiger partial charge in [0.25, 0.3) is 0 Å². The Hall–Kier alpha value is -1.02. The van der Waals surface area contributed by atoms with Crippen LogP contribution in [0.2, 0.25) is 0 Å². The van der Waals surface area contributed by atoms with Gasteiger partial charge in [0.1, 0.15) is 14.8 Å². The van der Waals surface area contributed by atoms with Crippen molar-refractivity contribution in [3.63, 3.8) is 0 Å². The first-order valence-corrected chi connectivity index (χ1v) is 10.8. The first-order valence-electron chi connectivity index (χ1n) is 7.87. The van der Waals surface area contributed by atoms with Crippen LogP contribution in [0.15, 0.2) is 18.2 Å². The zero-order chi connectivity index (χ0) is 16.4. The van der Waals surface area contributed by atoms with E-state index >= 15 is 0 Å². The van der Waals surface area contributed by atoms with Gasteiger partial charge in [-0.05, 0) is 24.6 Å². The SMILES string of the molecule is Cc1ccc2sc(CN3CCN(CCS(C)(=O)=O)CC3)nc2c1. The average Bonchev–Trinajstić information content (AvgIpc) is 2.87. The van der Waals surface area contributed by atoms with Crippen LogP contribution in [0.5, 0.6) is 0 Å². The van der Waals surface area contributed by atoms with Gasteiger partial charge in [-0.25, -0.2) is 13.4 Å². The van der Waals surface area contributed by atoms with E-state index in [9.17, 15) is 8.42 Å². The van der Waals surface area contributed by atoms with Crippen molar-refractivity contribution in [2.45, 2.75) is 13.5 Å². The minimum atomic E-state index is -2.87. The quantitative estimate of drug-likeness (QED) is 0.820. The number of benzene rings is 1. The predicted octanol–water partition coefficient (Wildman–Crippen LogP) is 1.77. The molecule has 0 radical (unpaired) electrons. The maximum absolute atomic E-state index is 11.2. The summed E-state index contributed by atoms with van der Waals surface area (Å²) in [5, 5.41) is 1.16. The molecule has 126 valence electrons. The molecule has 5 nitrogen and oxygen atoms in total. The predicted molar refractivity (Wildman–Crippen MR) is 95.8 cm³/mol. The highest BCUT2D eigenvalue weighted by Gasteiger charge is 2.19. The summed E-state index contributed by atoms with van der Waals surface area (Å²) >= 11 is 1.77. The highest BCUT2D eigenvalue weighted by Crippen LogP contribution is 2.24. The van der Waals surface area contributed by atoms with Crippen molar-refractivity contribution in [3.05, 3.63) is 28.8 Å². The topological polar surface area (TPSA) is 53.5 Å². The molecule has 2 heterocycles. The van der Waals surface area contributed by atoms with Crippen LogP contribution < -0.4 is 0 Å². The molecule has 0 unspecified atom stereocenters. The Morgan fingerprint density at radius 2 is 1.87 bits per heavy atom. The molecule has 0 N–H and O–H groups in total. The van der Waals surface area contributed by atoms with E-state index in [0.29, 0.717) is 6.54 Å². The van der Waals surface area contributed by atoms with Gasteiger partial charge in [0.2, 0.25) is 0 Å². The van der Waals surface area contributed by atoms with Crippen molar-refractivity contribution >= 4 is 31.4 Å². The highest BCUT2D eigenvalue weighted by atomic mass is 32.2. The van der Waals surface area contributed by atoms with Gasteiger partial charge in [0.05, 0.1) is 22.5 Å². The Kier molecular flexibility index (Phi) is 5.01. The zero-order valence-corrected chi connectivity index (χ0v) is 15.3. The van der Waals surface area contributed by atoms with Crippen molar-refractivity contribution in [3.8, 4) is 0 Å². The maximum Gasteiger partial charge on any atom is 0.148 e. The van der Waals surface area contributed by atoms with E-state index in [1.165, 1.54) is 16.5 Å². The number of piperazine rings is 1. The molecule has 3 rings (SSSR count). The molecule has 0 aliphatic carbocycles. The minimum Gasteiger partial charge on any atom is -0.300 e. The van der Waals surface area contributed by atoms with Crippen LogP contribution in [0.1, 0.15) is 10.6 Å². The lowest BCUT2D eigenvalue weighted by molar-refractivity contribution is 0.132. The Bertz CT molecular complexity index is 778. The molecule has 0 bridgehead atoms. The van der Waals surface area contributed by atoms with E-state index in [0.717, 1.165) is 43.2 Å². The van der Waals surface area contributed by atoms with Crippen molar-refractivity contribution in [2.24, 2.45) is 0 Å². The molecule has 23 heavy (non-hydrogen) atoms. The smallest absolute Gasteiger partial charge is 0.148 e. The molecular formula is C16H23N3O2S2. The number of fused-ring (bicyclic) bond motifs is 1. The van der Waals surface area contributed by atoms with Gasteiger partial charge in [-0.1, -0.05) is 6.07 Å². The summed E-state index contributed by atoms with van der Waals surface area (Å²) in [6.07, 6.45) is 1.30. The first kappa shape index (κ1) is 16.8. The maximum atomic E-state index is 11.2. The molecular weight excluding hydrogens is 330 g/mol. The summed E-state index contributed by atoms with van der Waals surface area (Å²) in [4.78, 5) is 9.38. The van der Waals surface area contributed by atoms with Crippen molar-refractivity contribution < 1.29 is 8.42 Å². The van der Waals surface area contributed by atoms with E-state index in [1.807, 2.05) is 0 Å². The minimum absolute atomic E-state index is 0.254. The van der Waals surface area contributed by atoms with Crippen molar-refractivity contribution in [1.29, 1.82) is 0 Å². The fourth-order valence-corrected chi connectivity index (χ4v) is 4.39. The summed E-state index contributed by atoms with van der Waals surface area (Å²) in [6.45, 7) is 7.43. The molecule has 2 aromatic rings. The van der Waals surface area contributed by atoms with Crippen LogP contribution in [-0.4, -0.2) is 67.9 Å². The monoisotopic (exact) mass is 353 g/mol. The van der Waals surface area contributed by atoms with Crippen LogP contribution in [0.3, 0.4) is 0 Å². The molecule has 1 aliphatic rings. The molecule has 1 aromatic carbocycles. The second-order valence-corrected chi connectivity index (χ2v) is 9.70. The number of thiazole rings is 1. The molecule has 0 saturated carbocycles. The third-order valence-corrected chi connectivity index (χ3v) is 6.13. The zero-order valence-electron chi connectivity index (χ0n) is 13.7. The molecule has 0 atom stereocenters. The summed E-state index contributed by atoms with van der Waals surface area (Å²) in [7, 11) is -2.87. The number of hydrogen-bond acceptors (Lipinski definition) is 6. The lowest BCUT2D eigenvalue weighted by Gasteiger charge is -2.34. The molecule has 1 fully saturated rings. The Balaban J connectivity index is 1.53. The number of aryl methyl sites for hydroxylation is 1. The largest absolute Gasteiger partial charge is 0.300 e. The summed E-state index contributed by atoms with van der Waals surface area (Å²) in [6, 6.07) is 6.41. The Labute approximate surface area is 141 Å². The van der Waals surface area contributed by atoms with E-state index in [4.69, 9.17) is 4.98 Å². The van der Waals surface area contributed by atoms with E-state index in [-0.39, 0.29) is 5.75 Å². The fourth-order valence-electron chi connectivity index (χ4n) is 2.81. The van der Waals surface area contributed by atoms with E-state index in [2.05, 4.69) is 34.9 Å². The molecule has 1 aliphatic heterocycles. The van der Waals surface area contributed by atoms with Gasteiger partial charge in [0.15, 0.2) is 0 Å². The van der Waals surface area contributed by atoms with Gasteiger partial charge >= 0.3 is 0 Å². The van der Waals surface area contributed by atoms with Gasteiger partial charge in [-0.3, -0.25) is 9.80 Å². The van der Waals surface area contributed by atoms with Crippen LogP contribution in [-0.2, 0) is 16.4 Å². The standard InChI is InChI=1S/C16H23N3O2S2/c1-13-3-4-15-14(11-13)17-16(22-15)12-19-7-5-18(6-8-19)9-10-23(2,20)21/h3-4,11H,5-10,12H2,1-2H3. The third-order valence-electron chi connectivity index (χ3n) is 4.19. The first-order chi connectivity index (χ1) is 10.9. The lowest BCUT2D eigenvalue weighted by Crippen LogP contribution is -2.47. The number of nitrogens with zero attached hydrogens (tertiary/aromatic N) is 3. The number of rotatable bonds is 5. The van der Waals surface area contributed by atoms with E-state index < -0.39 is 9.84 Å². The summed E-state index contributed by atoms with van der Waals surface area (Å²) in [5.41, 5.74) is 2.34. The van der Waals surface area contributed by atoms with Crippen molar-refractivity contribution in [2.75, 3.05) is 44.7 Å². The van der Waals surface area contributed by atoms with Gasteiger partial charge in [-0.15, -0.1) is 11.3 Å². The molecule has 1 saturated heterocycles. The molecule has 7 heteroatoms. The van der Waals surface area contributed by atoms with Crippen LogP contribution in [0.25, 0.3) is 10.2 Å². The normalized spacial score (nSPS) is 17.8. The highest BCUT2D eigenvalue weighted by molar-refractivity contribution is 7.90. The van der Waals surface area contributed by atoms with Gasteiger partial charge in [-0.2, -0.15) is 0 Å². The van der Waals surface area contributed by atoms with Crippen LogP contribution in [0, 0.1) is 6.92 Å². The van der Waals surface area contributed by atoms with Crippen molar-refractivity contribution in [1.82, 2.24) is 14.8 Å². The van der Waals surface area contributed by atoms with Gasteiger partial charge in [0, 0.05) is 39.0 Å². The van der Waals surface area contributed by atoms with Crippen LogP contribution in [0.4, 0.5) is 0 Å². The number of sulfone groups is 1. The fraction of sp³-hybridized carbons (Fsp3) is 0.562. The molecule has 0 amide bonds. The Morgan fingerprint density at radius 1 is 1.17 bits per heavy atom. The van der Waals surface area contributed by atoms with E-state index in [1.54, 1.807) is 11.3 Å². The summed E-state index contributed by atoms with van der Waals surface area (Å²) in [5.74, 6) is 0.254. The van der Waals surface area contributed by atoms with Gasteiger partial charge < -0.3 is 0 Å². The summed E-state index contributed by atoms with van der Waals surface area (Å²) < 4.78 is 23.7.